The molecule has 0 saturated carbocycles. The monoisotopic (exact) mass is 462 g/mol. The highest BCUT2D eigenvalue weighted by atomic mass is 16.7. The van der Waals surface area contributed by atoms with Gasteiger partial charge >= 0.3 is 5.97 Å². The first-order valence-corrected chi connectivity index (χ1v) is 12.5. The van der Waals surface area contributed by atoms with Gasteiger partial charge in [0.15, 0.2) is 5.84 Å². The lowest BCUT2D eigenvalue weighted by molar-refractivity contribution is -0.149. The Labute approximate surface area is 201 Å². The predicted molar refractivity (Wildman–Crippen MR) is 133 cm³/mol. The van der Waals surface area contributed by atoms with E-state index in [2.05, 4.69) is 39.5 Å². The van der Waals surface area contributed by atoms with Crippen LogP contribution in [0.25, 0.3) is 0 Å². The minimum atomic E-state index is -0.308. The molecule has 0 aliphatic carbocycles. The third-order valence-electron chi connectivity index (χ3n) is 7.23. The fourth-order valence-electron chi connectivity index (χ4n) is 5.26. The number of rotatable bonds is 6. The number of anilines is 1. The van der Waals surface area contributed by atoms with Crippen molar-refractivity contribution in [2.75, 3.05) is 37.7 Å². The zero-order chi connectivity index (χ0) is 23.3. The standard InChI is InChI=1S/C27H34N4O3/c1-2-33-27(32)22-12-16-30(17-13-22)24-14-18-31(19-15-24)23-10-8-20(9-11-23)25-28-26(34-29-25)21-6-4-3-5-7-21/h3-11,22,24,26H,2,12-19H2,1H3,(H,28,29). The Kier molecular flexibility index (Phi) is 7.11. The summed E-state index contributed by atoms with van der Waals surface area (Å²) in [6.07, 6.45) is 3.86. The summed E-state index contributed by atoms with van der Waals surface area (Å²) in [7, 11) is 0. The summed E-state index contributed by atoms with van der Waals surface area (Å²) in [5.74, 6) is 0.841. The number of ether oxygens (including phenoxy) is 1. The van der Waals surface area contributed by atoms with Gasteiger partial charge in [0.25, 0.3) is 0 Å². The van der Waals surface area contributed by atoms with E-state index in [-0.39, 0.29) is 18.1 Å². The molecular formula is C27H34N4O3. The number of hydroxylamine groups is 1. The van der Waals surface area contributed by atoms with Crippen molar-refractivity contribution in [1.29, 1.82) is 0 Å². The molecule has 0 spiro atoms. The average molecular weight is 463 g/mol. The second-order valence-electron chi connectivity index (χ2n) is 9.29. The number of carbonyl (C=O) groups excluding carboxylic acids is 1. The first kappa shape index (κ1) is 22.9. The molecule has 180 valence electrons. The molecule has 0 bridgehead atoms. The van der Waals surface area contributed by atoms with E-state index in [1.807, 2.05) is 37.3 Å². The maximum Gasteiger partial charge on any atom is 0.309 e. The summed E-state index contributed by atoms with van der Waals surface area (Å²) >= 11 is 0. The molecule has 0 amide bonds. The fraction of sp³-hybridized carbons (Fsp3) is 0.481. The van der Waals surface area contributed by atoms with E-state index in [1.54, 1.807) is 0 Å². The molecule has 2 aromatic rings. The van der Waals surface area contributed by atoms with E-state index in [0.717, 1.165) is 68.8 Å². The zero-order valence-corrected chi connectivity index (χ0v) is 19.9. The molecule has 7 nitrogen and oxygen atoms in total. The van der Waals surface area contributed by atoms with Gasteiger partial charge in [0.05, 0.1) is 12.5 Å². The van der Waals surface area contributed by atoms with Gasteiger partial charge in [-0.25, -0.2) is 15.3 Å². The Hall–Kier alpha value is -2.90. The Morgan fingerprint density at radius 3 is 2.38 bits per heavy atom. The smallest absolute Gasteiger partial charge is 0.309 e. The summed E-state index contributed by atoms with van der Waals surface area (Å²) in [5, 5.41) is 0. The first-order valence-electron chi connectivity index (χ1n) is 12.5. The van der Waals surface area contributed by atoms with E-state index >= 15 is 0 Å². The van der Waals surface area contributed by atoms with Crippen LogP contribution in [0.5, 0.6) is 0 Å². The number of hydrogen-bond acceptors (Lipinski definition) is 7. The number of nitrogens with one attached hydrogen (secondary N) is 1. The zero-order valence-electron chi connectivity index (χ0n) is 19.9. The van der Waals surface area contributed by atoms with Crippen molar-refractivity contribution < 1.29 is 14.4 Å². The van der Waals surface area contributed by atoms with Crippen LogP contribution in [-0.4, -0.2) is 55.5 Å². The van der Waals surface area contributed by atoms with Gasteiger partial charge in [-0.1, -0.05) is 30.3 Å². The molecule has 5 rings (SSSR count). The van der Waals surface area contributed by atoms with Gasteiger partial charge in [-0.2, -0.15) is 0 Å². The molecule has 34 heavy (non-hydrogen) atoms. The first-order chi connectivity index (χ1) is 16.7. The Balaban J connectivity index is 1.12. The number of carbonyl (C=O) groups is 1. The van der Waals surface area contributed by atoms with Crippen molar-refractivity contribution in [3.63, 3.8) is 0 Å². The van der Waals surface area contributed by atoms with Crippen molar-refractivity contribution in [1.82, 2.24) is 10.4 Å². The molecule has 3 aliphatic heterocycles. The number of benzene rings is 2. The summed E-state index contributed by atoms with van der Waals surface area (Å²) < 4.78 is 5.21. The van der Waals surface area contributed by atoms with Crippen LogP contribution in [0.2, 0.25) is 0 Å². The van der Waals surface area contributed by atoms with Gasteiger partial charge in [-0.15, -0.1) is 0 Å². The van der Waals surface area contributed by atoms with Gasteiger partial charge in [-0.05, 0) is 70.0 Å². The molecule has 1 atom stereocenters. The van der Waals surface area contributed by atoms with E-state index in [1.165, 1.54) is 5.69 Å². The highest BCUT2D eigenvalue weighted by Gasteiger charge is 2.31. The number of esters is 1. The summed E-state index contributed by atoms with van der Waals surface area (Å²) in [6, 6.07) is 19.2. The van der Waals surface area contributed by atoms with Crippen LogP contribution in [0, 0.1) is 5.92 Å². The second kappa shape index (κ2) is 10.6. The normalized spacial score (nSPS) is 22.3. The Bertz CT molecular complexity index is 979. The van der Waals surface area contributed by atoms with Crippen molar-refractivity contribution in [2.45, 2.75) is 44.9 Å². The topological polar surface area (TPSA) is 66.4 Å². The van der Waals surface area contributed by atoms with Crippen molar-refractivity contribution in [3.8, 4) is 0 Å². The van der Waals surface area contributed by atoms with E-state index in [9.17, 15) is 4.79 Å². The quantitative estimate of drug-likeness (QED) is 0.657. The summed E-state index contributed by atoms with van der Waals surface area (Å²) in [6.45, 7) is 6.48. The molecule has 2 aromatic carbocycles. The number of hydrogen-bond donors (Lipinski definition) is 1. The SMILES string of the molecule is CCOC(=O)C1CCN(C2CCN(c3ccc(C4=NC(c5ccccc5)ON4)cc3)CC2)CC1. The lowest BCUT2D eigenvalue weighted by atomic mass is 9.93. The third-order valence-corrected chi connectivity index (χ3v) is 7.23. The number of nitrogens with zero attached hydrogens (tertiary/aromatic N) is 3. The Morgan fingerprint density at radius 1 is 1.00 bits per heavy atom. The van der Waals surface area contributed by atoms with E-state index in [0.29, 0.717) is 12.6 Å². The van der Waals surface area contributed by atoms with Crippen LogP contribution in [0.1, 0.15) is 50.0 Å². The minimum absolute atomic E-state index is 0.0127. The number of likely N-dealkylation sites (tertiary alicyclic amines) is 1. The third kappa shape index (κ3) is 5.10. The molecule has 2 saturated heterocycles. The van der Waals surface area contributed by atoms with Gasteiger partial charge < -0.3 is 14.5 Å². The second-order valence-corrected chi connectivity index (χ2v) is 9.29. The van der Waals surface area contributed by atoms with Crippen LogP contribution in [0.15, 0.2) is 59.6 Å². The van der Waals surface area contributed by atoms with Gasteiger partial charge in [0.2, 0.25) is 6.23 Å². The molecule has 0 aromatic heterocycles. The maximum atomic E-state index is 12.0. The van der Waals surface area contributed by atoms with Crippen LogP contribution in [-0.2, 0) is 14.4 Å². The predicted octanol–water partition coefficient (Wildman–Crippen LogP) is 3.91. The van der Waals surface area contributed by atoms with Crippen LogP contribution in [0.4, 0.5) is 5.69 Å². The van der Waals surface area contributed by atoms with E-state index in [4.69, 9.17) is 14.6 Å². The molecular weight excluding hydrogens is 428 g/mol. The van der Waals surface area contributed by atoms with Crippen LogP contribution < -0.4 is 10.4 Å². The molecule has 1 N–H and O–H groups in total. The molecule has 3 heterocycles. The largest absolute Gasteiger partial charge is 0.466 e. The molecule has 1 unspecified atom stereocenters. The fourth-order valence-corrected chi connectivity index (χ4v) is 5.26. The van der Waals surface area contributed by atoms with Crippen LogP contribution in [0.3, 0.4) is 0 Å². The van der Waals surface area contributed by atoms with Crippen molar-refractivity contribution >= 4 is 17.5 Å². The Morgan fingerprint density at radius 2 is 1.71 bits per heavy atom. The van der Waals surface area contributed by atoms with Gasteiger partial charge in [0, 0.05) is 35.9 Å². The lowest BCUT2D eigenvalue weighted by Crippen LogP contribution is -2.48. The van der Waals surface area contributed by atoms with Gasteiger partial charge in [0.1, 0.15) is 0 Å². The summed E-state index contributed by atoms with van der Waals surface area (Å²) in [4.78, 5) is 27.4. The van der Waals surface area contributed by atoms with E-state index < -0.39 is 0 Å². The number of amidine groups is 1. The number of piperidine rings is 2. The highest BCUT2D eigenvalue weighted by molar-refractivity contribution is 5.99. The van der Waals surface area contributed by atoms with Gasteiger partial charge in [-0.3, -0.25) is 4.79 Å². The molecule has 2 fully saturated rings. The number of aliphatic imine (C=N–C) groups is 1. The highest BCUT2D eigenvalue weighted by Crippen LogP contribution is 2.28. The maximum absolute atomic E-state index is 12.0. The van der Waals surface area contributed by atoms with Crippen LogP contribution >= 0.6 is 0 Å². The van der Waals surface area contributed by atoms with Crippen molar-refractivity contribution in [2.24, 2.45) is 10.9 Å². The molecule has 3 aliphatic rings. The average Bonchev–Trinajstić information content (AvgIpc) is 3.40. The lowest BCUT2D eigenvalue weighted by Gasteiger charge is -2.42. The molecule has 7 heteroatoms. The van der Waals surface area contributed by atoms with Crippen molar-refractivity contribution in [3.05, 3.63) is 65.7 Å². The summed E-state index contributed by atoms with van der Waals surface area (Å²) in [5.41, 5.74) is 6.30. The molecule has 0 radical (unpaired) electrons. The minimum Gasteiger partial charge on any atom is -0.466 e.